The van der Waals surface area contributed by atoms with Crippen LogP contribution in [-0.2, 0) is 5.88 Å². The van der Waals surface area contributed by atoms with Gasteiger partial charge in [-0.2, -0.15) is 0 Å². The second-order valence-electron chi connectivity index (χ2n) is 3.74. The van der Waals surface area contributed by atoms with E-state index >= 15 is 0 Å². The van der Waals surface area contributed by atoms with E-state index in [9.17, 15) is 0 Å². The van der Waals surface area contributed by atoms with Crippen LogP contribution in [0.25, 0.3) is 0 Å². The fourth-order valence-corrected chi connectivity index (χ4v) is 2.35. The molecule has 94 valence electrons. The van der Waals surface area contributed by atoms with Crippen molar-refractivity contribution in [3.05, 3.63) is 51.2 Å². The molecule has 0 N–H and O–H groups in total. The van der Waals surface area contributed by atoms with Crippen molar-refractivity contribution in [3.63, 3.8) is 0 Å². The number of ether oxygens (including phenoxy) is 1. The van der Waals surface area contributed by atoms with Crippen LogP contribution in [0, 0.1) is 6.92 Å². The van der Waals surface area contributed by atoms with Crippen LogP contribution in [0.4, 0.5) is 0 Å². The molecule has 0 fully saturated rings. The number of alkyl halides is 1. The normalized spacial score (nSPS) is 10.4. The van der Waals surface area contributed by atoms with Gasteiger partial charge in [0.15, 0.2) is 0 Å². The van der Waals surface area contributed by atoms with Crippen LogP contribution in [0.15, 0.2) is 34.9 Å². The summed E-state index contributed by atoms with van der Waals surface area (Å²) in [6.45, 7) is 1.90. The minimum atomic E-state index is 0.344. The predicted molar refractivity (Wildman–Crippen MR) is 77.8 cm³/mol. The van der Waals surface area contributed by atoms with E-state index in [1.807, 2.05) is 19.1 Å². The Bertz CT molecular complexity index is 575. The van der Waals surface area contributed by atoms with Gasteiger partial charge in [0, 0.05) is 28.0 Å². The molecule has 0 atom stereocenters. The average molecular weight is 347 g/mol. The van der Waals surface area contributed by atoms with Crippen molar-refractivity contribution in [2.24, 2.45) is 0 Å². The largest absolute Gasteiger partial charge is 0.455 e. The van der Waals surface area contributed by atoms with Gasteiger partial charge in [0.05, 0.1) is 10.9 Å². The molecule has 0 bridgehead atoms. The van der Waals surface area contributed by atoms with Gasteiger partial charge < -0.3 is 4.74 Å². The molecule has 0 spiro atoms. The van der Waals surface area contributed by atoms with Gasteiger partial charge in [-0.1, -0.05) is 27.5 Å². The number of aromatic nitrogens is 1. The van der Waals surface area contributed by atoms with Crippen molar-refractivity contribution < 1.29 is 4.74 Å². The van der Waals surface area contributed by atoms with Gasteiger partial charge in [-0.3, -0.25) is 4.98 Å². The van der Waals surface area contributed by atoms with E-state index in [0.29, 0.717) is 22.4 Å². The second kappa shape index (κ2) is 5.91. The summed E-state index contributed by atoms with van der Waals surface area (Å²) in [4.78, 5) is 4.18. The molecule has 1 aromatic heterocycles. The van der Waals surface area contributed by atoms with E-state index in [1.165, 1.54) is 0 Å². The van der Waals surface area contributed by atoms with Crippen LogP contribution in [-0.4, -0.2) is 4.98 Å². The lowest BCUT2D eigenvalue weighted by Crippen LogP contribution is -1.93. The smallest absolute Gasteiger partial charge is 0.146 e. The monoisotopic (exact) mass is 345 g/mol. The first-order chi connectivity index (χ1) is 8.60. The third-order valence-corrected chi connectivity index (χ3v) is 3.41. The minimum absolute atomic E-state index is 0.344. The number of hydrogen-bond acceptors (Lipinski definition) is 2. The minimum Gasteiger partial charge on any atom is -0.455 e. The van der Waals surface area contributed by atoms with Crippen LogP contribution < -0.4 is 4.74 Å². The Labute approximate surface area is 124 Å². The Kier molecular flexibility index (Phi) is 4.49. The number of halogens is 3. The third kappa shape index (κ3) is 3.16. The van der Waals surface area contributed by atoms with Gasteiger partial charge >= 0.3 is 0 Å². The summed E-state index contributed by atoms with van der Waals surface area (Å²) in [6, 6.07) is 7.30. The zero-order chi connectivity index (χ0) is 13.1. The fraction of sp³-hybridized carbons (Fsp3) is 0.154. The lowest BCUT2D eigenvalue weighted by atomic mass is 10.2. The maximum Gasteiger partial charge on any atom is 0.146 e. The van der Waals surface area contributed by atoms with Gasteiger partial charge in [-0.05, 0) is 25.1 Å². The molecule has 0 radical (unpaired) electrons. The third-order valence-electron chi connectivity index (χ3n) is 2.34. The molecule has 2 rings (SSSR count). The number of pyridine rings is 1. The molecule has 0 aliphatic rings. The first kappa shape index (κ1) is 13.7. The van der Waals surface area contributed by atoms with Crippen LogP contribution in [0.5, 0.6) is 11.5 Å². The van der Waals surface area contributed by atoms with E-state index in [2.05, 4.69) is 20.9 Å². The number of hydrogen-bond donors (Lipinski definition) is 0. The topological polar surface area (TPSA) is 22.1 Å². The highest BCUT2D eigenvalue weighted by Gasteiger charge is 2.08. The predicted octanol–water partition coefficient (Wildman–Crippen LogP) is 5.34. The highest BCUT2D eigenvalue weighted by Crippen LogP contribution is 2.33. The molecule has 1 heterocycles. The summed E-state index contributed by atoms with van der Waals surface area (Å²) in [5.41, 5.74) is 1.70. The van der Waals surface area contributed by atoms with Gasteiger partial charge in [-0.25, -0.2) is 0 Å². The van der Waals surface area contributed by atoms with Crippen molar-refractivity contribution in [3.8, 4) is 11.5 Å². The highest BCUT2D eigenvalue weighted by molar-refractivity contribution is 9.10. The van der Waals surface area contributed by atoms with Crippen LogP contribution in [0.2, 0.25) is 5.02 Å². The van der Waals surface area contributed by atoms with Crippen LogP contribution in [0.1, 0.15) is 11.3 Å². The van der Waals surface area contributed by atoms with Crippen molar-refractivity contribution >= 4 is 39.1 Å². The van der Waals surface area contributed by atoms with E-state index in [-0.39, 0.29) is 0 Å². The Morgan fingerprint density at radius 1 is 1.28 bits per heavy atom. The van der Waals surface area contributed by atoms with Gasteiger partial charge in [0.2, 0.25) is 0 Å². The summed E-state index contributed by atoms with van der Waals surface area (Å²) >= 11 is 15.3. The van der Waals surface area contributed by atoms with Crippen molar-refractivity contribution in [2.75, 3.05) is 0 Å². The second-order valence-corrected chi connectivity index (χ2v) is 5.33. The fourth-order valence-electron chi connectivity index (χ4n) is 1.43. The van der Waals surface area contributed by atoms with E-state index < -0.39 is 0 Å². The van der Waals surface area contributed by atoms with E-state index in [4.69, 9.17) is 27.9 Å². The zero-order valence-electron chi connectivity index (χ0n) is 9.58. The molecule has 0 saturated carbocycles. The van der Waals surface area contributed by atoms with Crippen molar-refractivity contribution in [2.45, 2.75) is 12.8 Å². The molecular formula is C13H10BrCl2NO. The molecule has 0 aliphatic heterocycles. The van der Waals surface area contributed by atoms with Crippen molar-refractivity contribution in [1.82, 2.24) is 4.98 Å². The lowest BCUT2D eigenvalue weighted by Gasteiger charge is -2.11. The quantitative estimate of drug-likeness (QED) is 0.700. The van der Waals surface area contributed by atoms with E-state index in [0.717, 1.165) is 15.7 Å². The molecule has 5 heteroatoms. The number of nitrogens with zero attached hydrogens (tertiary/aromatic N) is 1. The Morgan fingerprint density at radius 3 is 2.72 bits per heavy atom. The SMILES string of the molecule is Cc1cc(Oc2ccc(Br)cc2Cl)c(CCl)cn1. The highest BCUT2D eigenvalue weighted by atomic mass is 79.9. The summed E-state index contributed by atoms with van der Waals surface area (Å²) in [5.74, 6) is 1.62. The summed E-state index contributed by atoms with van der Waals surface area (Å²) < 4.78 is 6.70. The van der Waals surface area contributed by atoms with Gasteiger partial charge in [-0.15, -0.1) is 11.6 Å². The summed E-state index contributed by atoms with van der Waals surface area (Å²) in [5, 5.41) is 0.541. The van der Waals surface area contributed by atoms with Crippen LogP contribution >= 0.6 is 39.1 Å². The molecule has 0 saturated heterocycles. The molecule has 2 nitrogen and oxygen atoms in total. The molecule has 0 unspecified atom stereocenters. The Balaban J connectivity index is 2.36. The summed E-state index contributed by atoms with van der Waals surface area (Å²) in [7, 11) is 0. The molecule has 2 aromatic rings. The number of rotatable bonds is 3. The zero-order valence-corrected chi connectivity index (χ0v) is 12.7. The standard InChI is InChI=1S/C13H10BrCl2NO/c1-8-4-13(9(6-15)7-17-8)18-12-3-2-10(14)5-11(12)16/h2-5,7H,6H2,1H3. The molecular weight excluding hydrogens is 337 g/mol. The molecule has 18 heavy (non-hydrogen) atoms. The van der Waals surface area contributed by atoms with Gasteiger partial charge in [0.25, 0.3) is 0 Å². The molecule has 0 amide bonds. The molecule has 0 aliphatic carbocycles. The number of benzene rings is 1. The summed E-state index contributed by atoms with van der Waals surface area (Å²) in [6.07, 6.45) is 1.71. The Hall–Kier alpha value is -0.770. The first-order valence-electron chi connectivity index (χ1n) is 5.24. The maximum atomic E-state index is 6.11. The average Bonchev–Trinajstić information content (AvgIpc) is 2.33. The number of aryl methyl sites for hydroxylation is 1. The van der Waals surface area contributed by atoms with E-state index in [1.54, 1.807) is 18.3 Å². The van der Waals surface area contributed by atoms with Crippen molar-refractivity contribution in [1.29, 1.82) is 0 Å². The molecule has 1 aromatic carbocycles. The first-order valence-corrected chi connectivity index (χ1v) is 6.95. The van der Waals surface area contributed by atoms with Crippen LogP contribution in [0.3, 0.4) is 0 Å². The lowest BCUT2D eigenvalue weighted by molar-refractivity contribution is 0.477. The van der Waals surface area contributed by atoms with Gasteiger partial charge in [0.1, 0.15) is 11.5 Å². The Morgan fingerprint density at radius 2 is 2.06 bits per heavy atom. The maximum absolute atomic E-state index is 6.11.